The maximum Gasteiger partial charge on any atom is 0.303 e. The number of nitrogens with two attached hydrogens (primary N) is 1. The molecule has 0 unspecified atom stereocenters. The van der Waals surface area contributed by atoms with Crippen LogP contribution in [0.25, 0.3) is 0 Å². The Bertz CT molecular complexity index is 864. The van der Waals surface area contributed by atoms with Gasteiger partial charge in [-0.05, 0) is 24.4 Å². The zero-order valence-electron chi connectivity index (χ0n) is 12.4. The summed E-state index contributed by atoms with van der Waals surface area (Å²) in [7, 11) is 0. The number of benzene rings is 2. The van der Waals surface area contributed by atoms with Crippen molar-refractivity contribution in [3.8, 4) is 5.75 Å². The number of nitrogens with one attached hydrogen (secondary N) is 1. The highest BCUT2D eigenvalue weighted by Gasteiger charge is 2.34. The summed E-state index contributed by atoms with van der Waals surface area (Å²) in [4.78, 5) is 12.4. The summed E-state index contributed by atoms with van der Waals surface area (Å²) in [5.41, 5.74) is 9.66. The van der Waals surface area contributed by atoms with Gasteiger partial charge in [-0.1, -0.05) is 42.5 Å². The lowest BCUT2D eigenvalue weighted by Gasteiger charge is -2.07. The lowest BCUT2D eigenvalue weighted by Crippen LogP contribution is -2.36. The van der Waals surface area contributed by atoms with Crippen molar-refractivity contribution < 1.29 is 9.90 Å². The standard InChI is InChI=1S/C16H13N5O2S/c17-16(24)21-15(23)14(13(20-21)10-6-2-1-3-7-10)19-18-11-8-4-5-9-12(11)22/h1-9,18,22H,(H2,17,24). The van der Waals surface area contributed by atoms with Crippen molar-refractivity contribution in [3.05, 3.63) is 60.2 Å². The highest BCUT2D eigenvalue weighted by molar-refractivity contribution is 7.80. The predicted molar refractivity (Wildman–Crippen MR) is 95.8 cm³/mol. The molecule has 0 aromatic heterocycles. The molecule has 0 aliphatic carbocycles. The van der Waals surface area contributed by atoms with Gasteiger partial charge >= 0.3 is 5.91 Å². The second-order valence-corrected chi connectivity index (χ2v) is 5.28. The summed E-state index contributed by atoms with van der Waals surface area (Å²) in [5, 5.41) is 18.8. The van der Waals surface area contributed by atoms with Crippen LogP contribution in [0, 0.1) is 0 Å². The molecule has 3 rings (SSSR count). The van der Waals surface area contributed by atoms with Crippen molar-refractivity contribution >= 4 is 40.3 Å². The van der Waals surface area contributed by atoms with Crippen LogP contribution in [-0.2, 0) is 4.79 Å². The fourth-order valence-corrected chi connectivity index (χ4v) is 2.24. The Labute approximate surface area is 143 Å². The van der Waals surface area contributed by atoms with E-state index in [1.165, 1.54) is 6.07 Å². The number of anilines is 1. The molecule has 1 amide bonds. The molecule has 0 atom stereocenters. The van der Waals surface area contributed by atoms with E-state index in [4.69, 9.17) is 18.0 Å². The molecule has 1 aliphatic heterocycles. The van der Waals surface area contributed by atoms with E-state index >= 15 is 0 Å². The highest BCUT2D eigenvalue weighted by Crippen LogP contribution is 2.22. The zero-order valence-corrected chi connectivity index (χ0v) is 13.2. The molecule has 0 radical (unpaired) electrons. The minimum atomic E-state index is -0.538. The maximum absolute atomic E-state index is 12.4. The smallest absolute Gasteiger partial charge is 0.303 e. The van der Waals surface area contributed by atoms with Crippen LogP contribution in [0.4, 0.5) is 5.69 Å². The van der Waals surface area contributed by atoms with E-state index < -0.39 is 5.91 Å². The number of carbonyl (C=O) groups is 1. The number of nitrogens with zero attached hydrogens (tertiary/aromatic N) is 3. The number of para-hydroxylation sites is 2. The van der Waals surface area contributed by atoms with Gasteiger partial charge in [0.1, 0.15) is 11.5 Å². The Morgan fingerprint density at radius 1 is 1.17 bits per heavy atom. The van der Waals surface area contributed by atoms with E-state index in [1.807, 2.05) is 18.2 Å². The zero-order chi connectivity index (χ0) is 17.1. The lowest BCUT2D eigenvalue weighted by molar-refractivity contribution is -0.119. The van der Waals surface area contributed by atoms with Gasteiger partial charge in [0.25, 0.3) is 0 Å². The molecule has 24 heavy (non-hydrogen) atoms. The number of phenolic OH excluding ortho intramolecular Hbond substituents is 1. The second kappa shape index (κ2) is 6.47. The summed E-state index contributed by atoms with van der Waals surface area (Å²) in [6.07, 6.45) is 0. The second-order valence-electron chi connectivity index (χ2n) is 4.86. The van der Waals surface area contributed by atoms with Crippen molar-refractivity contribution in [2.75, 3.05) is 5.43 Å². The van der Waals surface area contributed by atoms with E-state index in [1.54, 1.807) is 30.3 Å². The van der Waals surface area contributed by atoms with Crippen LogP contribution >= 0.6 is 12.2 Å². The average molecular weight is 339 g/mol. The Morgan fingerprint density at radius 3 is 2.50 bits per heavy atom. The van der Waals surface area contributed by atoms with Crippen molar-refractivity contribution in [1.82, 2.24) is 5.01 Å². The summed E-state index contributed by atoms with van der Waals surface area (Å²) in [6.45, 7) is 0. The number of phenols is 1. The maximum atomic E-state index is 12.4. The Morgan fingerprint density at radius 2 is 1.83 bits per heavy atom. The van der Waals surface area contributed by atoms with E-state index in [-0.39, 0.29) is 16.6 Å². The third-order valence-corrected chi connectivity index (χ3v) is 3.44. The molecule has 0 fully saturated rings. The van der Waals surface area contributed by atoms with Gasteiger partial charge in [-0.15, -0.1) is 0 Å². The lowest BCUT2D eigenvalue weighted by atomic mass is 10.1. The molecule has 0 saturated carbocycles. The van der Waals surface area contributed by atoms with Crippen LogP contribution in [0.3, 0.4) is 0 Å². The number of hydrogen-bond acceptors (Lipinski definition) is 6. The molecule has 0 saturated heterocycles. The Balaban J connectivity index is 1.99. The molecular weight excluding hydrogens is 326 g/mol. The van der Waals surface area contributed by atoms with Crippen molar-refractivity contribution in [1.29, 1.82) is 0 Å². The first kappa shape index (κ1) is 15.6. The van der Waals surface area contributed by atoms with Crippen molar-refractivity contribution in [2.24, 2.45) is 15.9 Å². The minimum absolute atomic E-state index is 0.0108. The SMILES string of the molecule is NC(=S)N1N=C(c2ccccc2)C(=NNc2ccccc2O)C1=O. The van der Waals surface area contributed by atoms with Gasteiger partial charge in [-0.25, -0.2) is 0 Å². The van der Waals surface area contributed by atoms with Crippen LogP contribution in [-0.4, -0.2) is 32.6 Å². The van der Waals surface area contributed by atoms with Gasteiger partial charge in [0.15, 0.2) is 10.8 Å². The average Bonchev–Trinajstić information content (AvgIpc) is 2.92. The molecular formula is C16H13N5O2S. The molecule has 7 nitrogen and oxygen atoms in total. The molecule has 0 spiro atoms. The van der Waals surface area contributed by atoms with E-state index in [0.717, 1.165) is 5.01 Å². The largest absolute Gasteiger partial charge is 0.506 e. The number of hydrogen-bond donors (Lipinski definition) is 3. The number of hydrazone groups is 2. The van der Waals surface area contributed by atoms with Gasteiger partial charge in [-0.3, -0.25) is 10.2 Å². The van der Waals surface area contributed by atoms with Crippen LogP contribution in [0.15, 0.2) is 64.8 Å². The quantitative estimate of drug-likeness (QED) is 0.448. The van der Waals surface area contributed by atoms with Gasteiger partial charge in [-0.2, -0.15) is 15.2 Å². The molecule has 1 aliphatic rings. The molecule has 8 heteroatoms. The molecule has 120 valence electrons. The number of amides is 1. The summed E-state index contributed by atoms with van der Waals surface area (Å²) in [6, 6.07) is 15.6. The predicted octanol–water partition coefficient (Wildman–Crippen LogP) is 1.65. The monoisotopic (exact) mass is 339 g/mol. The van der Waals surface area contributed by atoms with E-state index in [9.17, 15) is 9.90 Å². The molecule has 2 aromatic rings. The topological polar surface area (TPSA) is 103 Å². The fourth-order valence-electron chi connectivity index (χ4n) is 2.12. The Hall–Kier alpha value is -3.26. The van der Waals surface area contributed by atoms with Gasteiger partial charge in [0.2, 0.25) is 0 Å². The molecule has 0 bridgehead atoms. The van der Waals surface area contributed by atoms with Gasteiger partial charge < -0.3 is 10.8 Å². The third kappa shape index (κ3) is 2.95. The Kier molecular flexibility index (Phi) is 4.21. The number of thiocarbonyl (C=S) groups is 1. The number of aromatic hydroxyl groups is 1. The first-order valence-electron chi connectivity index (χ1n) is 6.98. The van der Waals surface area contributed by atoms with Crippen LogP contribution < -0.4 is 11.2 Å². The first-order chi connectivity index (χ1) is 11.6. The summed E-state index contributed by atoms with van der Waals surface area (Å²) in [5.74, 6) is -0.527. The summed E-state index contributed by atoms with van der Waals surface area (Å²) >= 11 is 4.85. The van der Waals surface area contributed by atoms with E-state index in [0.29, 0.717) is 17.0 Å². The molecule has 1 heterocycles. The van der Waals surface area contributed by atoms with Crippen molar-refractivity contribution in [3.63, 3.8) is 0 Å². The van der Waals surface area contributed by atoms with Gasteiger partial charge in [0, 0.05) is 5.56 Å². The third-order valence-electron chi connectivity index (χ3n) is 3.27. The highest BCUT2D eigenvalue weighted by atomic mass is 32.1. The van der Waals surface area contributed by atoms with Crippen LogP contribution in [0.5, 0.6) is 5.75 Å². The minimum Gasteiger partial charge on any atom is -0.506 e. The first-order valence-corrected chi connectivity index (χ1v) is 7.38. The normalized spacial score (nSPS) is 15.5. The van der Waals surface area contributed by atoms with Crippen LogP contribution in [0.1, 0.15) is 5.56 Å². The summed E-state index contributed by atoms with van der Waals surface area (Å²) < 4.78 is 0. The molecule has 4 N–H and O–H groups in total. The van der Waals surface area contributed by atoms with Gasteiger partial charge in [0.05, 0.1) is 5.69 Å². The molecule has 2 aromatic carbocycles. The number of carbonyl (C=O) groups excluding carboxylic acids is 1. The fraction of sp³-hybridized carbons (Fsp3) is 0. The number of rotatable bonds is 3. The van der Waals surface area contributed by atoms with Crippen LogP contribution in [0.2, 0.25) is 0 Å². The van der Waals surface area contributed by atoms with E-state index in [2.05, 4.69) is 15.6 Å². The van der Waals surface area contributed by atoms with Crippen molar-refractivity contribution in [2.45, 2.75) is 0 Å².